The Hall–Kier alpha value is -1.26. The van der Waals surface area contributed by atoms with Crippen LogP contribution >= 0.6 is 11.3 Å². The Bertz CT molecular complexity index is 563. The van der Waals surface area contributed by atoms with Crippen LogP contribution in [0.4, 0.5) is 4.39 Å². The van der Waals surface area contributed by atoms with Crippen molar-refractivity contribution in [2.75, 3.05) is 7.05 Å². The van der Waals surface area contributed by atoms with Crippen LogP contribution in [0.25, 0.3) is 0 Å². The van der Waals surface area contributed by atoms with Gasteiger partial charge >= 0.3 is 0 Å². The Kier molecular flexibility index (Phi) is 5.26. The van der Waals surface area contributed by atoms with Gasteiger partial charge in [-0.05, 0) is 31.0 Å². The average molecular weight is 292 g/mol. The number of halogens is 1. The van der Waals surface area contributed by atoms with Crippen LogP contribution in [0.2, 0.25) is 0 Å². The number of thiazole rings is 1. The second kappa shape index (κ2) is 6.95. The maximum Gasteiger partial charge on any atom is 0.126 e. The zero-order chi connectivity index (χ0) is 14.5. The topological polar surface area (TPSA) is 24.9 Å². The Labute approximate surface area is 124 Å². The lowest BCUT2D eigenvalue weighted by Crippen LogP contribution is -2.07. The number of nitrogens with zero attached hydrogens (tertiary/aromatic N) is 1. The first-order chi connectivity index (χ1) is 9.60. The predicted octanol–water partition coefficient (Wildman–Crippen LogP) is 3.79. The first kappa shape index (κ1) is 15.1. The van der Waals surface area contributed by atoms with E-state index in [0.717, 1.165) is 23.7 Å². The van der Waals surface area contributed by atoms with E-state index in [4.69, 9.17) is 4.98 Å². The normalized spacial score (nSPS) is 11.2. The zero-order valence-electron chi connectivity index (χ0n) is 12.2. The molecule has 0 atom stereocenters. The summed E-state index contributed by atoms with van der Waals surface area (Å²) in [6.07, 6.45) is 1.55. The van der Waals surface area contributed by atoms with Gasteiger partial charge in [0.15, 0.2) is 0 Å². The molecular weight excluding hydrogens is 271 g/mol. The minimum absolute atomic E-state index is 0.150. The molecule has 0 fully saturated rings. The molecule has 1 aromatic heterocycles. The van der Waals surface area contributed by atoms with Crippen molar-refractivity contribution in [2.24, 2.45) is 5.92 Å². The molecule has 0 amide bonds. The summed E-state index contributed by atoms with van der Waals surface area (Å²) in [4.78, 5) is 5.99. The number of aromatic nitrogens is 1. The summed E-state index contributed by atoms with van der Waals surface area (Å²) in [7, 11) is 1.94. The number of hydrogen-bond acceptors (Lipinski definition) is 3. The molecule has 0 aliphatic rings. The molecule has 2 rings (SSSR count). The molecular formula is C16H21FN2S. The van der Waals surface area contributed by atoms with Gasteiger partial charge in [0, 0.05) is 17.8 Å². The van der Waals surface area contributed by atoms with Gasteiger partial charge in [0.05, 0.1) is 10.7 Å². The van der Waals surface area contributed by atoms with E-state index < -0.39 is 0 Å². The molecule has 0 saturated carbocycles. The van der Waals surface area contributed by atoms with Gasteiger partial charge in [-0.15, -0.1) is 11.3 Å². The summed E-state index contributed by atoms with van der Waals surface area (Å²) < 4.78 is 13.7. The van der Waals surface area contributed by atoms with Crippen molar-refractivity contribution in [1.29, 1.82) is 0 Å². The molecule has 0 radical (unpaired) electrons. The lowest BCUT2D eigenvalue weighted by atomic mass is 10.1. The highest BCUT2D eigenvalue weighted by Gasteiger charge is 2.13. The van der Waals surface area contributed by atoms with Gasteiger partial charge < -0.3 is 5.32 Å². The lowest BCUT2D eigenvalue weighted by molar-refractivity contribution is 0.612. The third-order valence-corrected chi connectivity index (χ3v) is 4.16. The molecule has 0 aliphatic heterocycles. The Morgan fingerprint density at radius 1 is 1.30 bits per heavy atom. The summed E-state index contributed by atoms with van der Waals surface area (Å²) in [5.74, 6) is 0.428. The van der Waals surface area contributed by atoms with Crippen LogP contribution in [0.1, 0.15) is 35.0 Å². The van der Waals surface area contributed by atoms with Crippen LogP contribution in [0, 0.1) is 11.7 Å². The van der Waals surface area contributed by atoms with Crippen LogP contribution in [-0.2, 0) is 19.4 Å². The fraction of sp³-hybridized carbons (Fsp3) is 0.438. The standard InChI is InChI=1S/C16H21FN2S/c1-11(2)8-14-15(10-18-3)20-16(19-14)9-12-6-4-5-7-13(12)17/h4-7,11,18H,8-10H2,1-3H3. The van der Waals surface area contributed by atoms with Crippen molar-refractivity contribution >= 4 is 11.3 Å². The third-order valence-electron chi connectivity index (χ3n) is 3.06. The second-order valence-electron chi connectivity index (χ2n) is 5.37. The molecule has 0 bridgehead atoms. The van der Waals surface area contributed by atoms with Crippen LogP contribution in [-0.4, -0.2) is 12.0 Å². The molecule has 1 heterocycles. The van der Waals surface area contributed by atoms with Crippen molar-refractivity contribution in [3.63, 3.8) is 0 Å². The summed E-state index contributed by atoms with van der Waals surface area (Å²) in [5, 5.41) is 4.18. The van der Waals surface area contributed by atoms with Crippen LogP contribution in [0.3, 0.4) is 0 Å². The molecule has 2 aromatic rings. The zero-order valence-corrected chi connectivity index (χ0v) is 13.1. The molecule has 0 saturated heterocycles. The lowest BCUT2D eigenvalue weighted by Gasteiger charge is -2.03. The van der Waals surface area contributed by atoms with Gasteiger partial charge in [0.2, 0.25) is 0 Å². The highest BCUT2D eigenvalue weighted by molar-refractivity contribution is 7.11. The molecule has 20 heavy (non-hydrogen) atoms. The summed E-state index contributed by atoms with van der Waals surface area (Å²) in [6.45, 7) is 5.22. The minimum Gasteiger partial charge on any atom is -0.315 e. The Morgan fingerprint density at radius 2 is 2.05 bits per heavy atom. The van der Waals surface area contributed by atoms with Crippen molar-refractivity contribution in [2.45, 2.75) is 33.2 Å². The van der Waals surface area contributed by atoms with Crippen molar-refractivity contribution in [3.05, 3.63) is 51.2 Å². The smallest absolute Gasteiger partial charge is 0.126 e. The predicted molar refractivity (Wildman–Crippen MR) is 82.6 cm³/mol. The Balaban J connectivity index is 2.22. The fourth-order valence-corrected chi connectivity index (χ4v) is 3.29. The molecule has 0 aliphatic carbocycles. The SMILES string of the molecule is CNCc1sc(Cc2ccccc2F)nc1CC(C)C. The molecule has 1 N–H and O–H groups in total. The summed E-state index contributed by atoms with van der Waals surface area (Å²) in [5.41, 5.74) is 1.87. The van der Waals surface area contributed by atoms with Crippen molar-refractivity contribution in [1.82, 2.24) is 10.3 Å². The van der Waals surface area contributed by atoms with E-state index in [1.54, 1.807) is 17.4 Å². The maximum atomic E-state index is 13.7. The number of rotatable bonds is 6. The van der Waals surface area contributed by atoms with E-state index in [9.17, 15) is 4.39 Å². The first-order valence-corrected chi connectivity index (χ1v) is 7.77. The fourth-order valence-electron chi connectivity index (χ4n) is 2.16. The van der Waals surface area contributed by atoms with E-state index in [1.807, 2.05) is 19.2 Å². The monoisotopic (exact) mass is 292 g/mol. The average Bonchev–Trinajstić information content (AvgIpc) is 2.74. The first-order valence-electron chi connectivity index (χ1n) is 6.95. The van der Waals surface area contributed by atoms with E-state index in [-0.39, 0.29) is 5.82 Å². The van der Waals surface area contributed by atoms with Gasteiger partial charge in [-0.25, -0.2) is 9.37 Å². The van der Waals surface area contributed by atoms with Gasteiger partial charge in [-0.2, -0.15) is 0 Å². The largest absolute Gasteiger partial charge is 0.315 e. The van der Waals surface area contributed by atoms with E-state index >= 15 is 0 Å². The van der Waals surface area contributed by atoms with Gasteiger partial charge in [-0.3, -0.25) is 0 Å². The molecule has 108 valence electrons. The van der Waals surface area contributed by atoms with Gasteiger partial charge in [-0.1, -0.05) is 32.0 Å². The number of benzene rings is 1. The molecule has 2 nitrogen and oxygen atoms in total. The van der Waals surface area contributed by atoms with Crippen LogP contribution in [0.5, 0.6) is 0 Å². The van der Waals surface area contributed by atoms with Gasteiger partial charge in [0.25, 0.3) is 0 Å². The third kappa shape index (κ3) is 3.87. The molecule has 0 unspecified atom stereocenters. The highest BCUT2D eigenvalue weighted by atomic mass is 32.1. The van der Waals surface area contributed by atoms with Crippen molar-refractivity contribution < 1.29 is 4.39 Å². The summed E-state index contributed by atoms with van der Waals surface area (Å²) in [6, 6.07) is 6.93. The molecule has 0 spiro atoms. The van der Waals surface area contributed by atoms with E-state index in [0.29, 0.717) is 17.9 Å². The number of hydrogen-bond donors (Lipinski definition) is 1. The van der Waals surface area contributed by atoms with E-state index in [1.165, 1.54) is 10.9 Å². The minimum atomic E-state index is -0.150. The van der Waals surface area contributed by atoms with Crippen LogP contribution < -0.4 is 5.32 Å². The van der Waals surface area contributed by atoms with Gasteiger partial charge in [0.1, 0.15) is 5.82 Å². The summed E-state index contributed by atoms with van der Waals surface area (Å²) >= 11 is 1.69. The van der Waals surface area contributed by atoms with Crippen LogP contribution in [0.15, 0.2) is 24.3 Å². The molecule has 1 aromatic carbocycles. The maximum absolute atomic E-state index is 13.7. The Morgan fingerprint density at radius 3 is 2.70 bits per heavy atom. The number of nitrogens with one attached hydrogen (secondary N) is 1. The van der Waals surface area contributed by atoms with E-state index in [2.05, 4.69) is 19.2 Å². The molecule has 4 heteroatoms. The quantitative estimate of drug-likeness (QED) is 0.876. The highest BCUT2D eigenvalue weighted by Crippen LogP contribution is 2.24. The second-order valence-corrected chi connectivity index (χ2v) is 6.54. The van der Waals surface area contributed by atoms with Crippen molar-refractivity contribution in [3.8, 4) is 0 Å².